The van der Waals surface area contributed by atoms with Crippen molar-refractivity contribution in [2.75, 3.05) is 41.8 Å². The van der Waals surface area contributed by atoms with Crippen LogP contribution in [-0.4, -0.2) is 46.2 Å². The maximum atomic E-state index is 14.8. The smallest absolute Gasteiger partial charge is 0.254 e. The normalized spacial score (nSPS) is 16.4. The Labute approximate surface area is 192 Å². The van der Waals surface area contributed by atoms with Crippen molar-refractivity contribution >= 4 is 28.2 Å². The lowest BCUT2D eigenvalue weighted by Crippen LogP contribution is -2.37. The van der Waals surface area contributed by atoms with E-state index in [9.17, 15) is 17.8 Å². The number of hydrogen-bond acceptors (Lipinski definition) is 5. The van der Waals surface area contributed by atoms with Gasteiger partial charge in [0.1, 0.15) is 11.6 Å². The lowest BCUT2D eigenvalue weighted by atomic mass is 9.93. The minimum absolute atomic E-state index is 0.0380. The molecule has 3 aromatic rings. The summed E-state index contributed by atoms with van der Waals surface area (Å²) in [7, 11) is -0.760. The van der Waals surface area contributed by atoms with Gasteiger partial charge in [0.2, 0.25) is 5.95 Å². The lowest BCUT2D eigenvalue weighted by Gasteiger charge is -2.28. The number of rotatable bonds is 3. The number of nitrogens with one attached hydrogen (secondary N) is 1. The van der Waals surface area contributed by atoms with Crippen molar-refractivity contribution in [3.8, 4) is 22.3 Å². The van der Waals surface area contributed by atoms with E-state index in [0.29, 0.717) is 46.7 Å². The summed E-state index contributed by atoms with van der Waals surface area (Å²) in [6, 6.07) is 11.9. The van der Waals surface area contributed by atoms with Gasteiger partial charge in [-0.05, 0) is 53.4 Å². The maximum absolute atomic E-state index is 14.8. The fourth-order valence-corrected chi connectivity index (χ4v) is 5.41. The van der Waals surface area contributed by atoms with Crippen molar-refractivity contribution in [3.05, 3.63) is 65.4 Å². The average molecular weight is 469 g/mol. The summed E-state index contributed by atoms with van der Waals surface area (Å²) in [5.41, 5.74) is 9.33. The number of amides is 1. The molecule has 3 heterocycles. The first kappa shape index (κ1) is 21.5. The van der Waals surface area contributed by atoms with E-state index >= 15 is 0 Å². The zero-order valence-corrected chi connectivity index (χ0v) is 18.6. The Bertz CT molecular complexity index is 1270. The van der Waals surface area contributed by atoms with Crippen LogP contribution in [0.1, 0.15) is 15.9 Å². The van der Waals surface area contributed by atoms with Crippen molar-refractivity contribution < 1.29 is 17.8 Å². The quantitative estimate of drug-likeness (QED) is 0.577. The number of halogens is 2. The van der Waals surface area contributed by atoms with Crippen LogP contribution in [0.3, 0.4) is 0 Å². The Hall–Kier alpha value is -3.33. The minimum atomic E-state index is -0.760. The van der Waals surface area contributed by atoms with E-state index in [1.54, 1.807) is 24.3 Å². The van der Waals surface area contributed by atoms with Gasteiger partial charge in [0.15, 0.2) is 0 Å². The van der Waals surface area contributed by atoms with E-state index < -0.39 is 28.5 Å². The molecule has 1 amide bonds. The molecule has 2 aliphatic rings. The predicted octanol–water partition coefficient (Wildman–Crippen LogP) is 3.13. The highest BCUT2D eigenvalue weighted by Gasteiger charge is 2.23. The molecule has 0 spiro atoms. The number of nitrogens with zero attached hydrogens (tertiary/aromatic N) is 2. The zero-order chi connectivity index (χ0) is 23.1. The number of carbonyl (C=O) groups is 1. The molecule has 33 heavy (non-hydrogen) atoms. The number of fused-ring (bicyclic) bond motifs is 1. The van der Waals surface area contributed by atoms with E-state index in [-0.39, 0.29) is 16.9 Å². The van der Waals surface area contributed by atoms with Crippen LogP contribution in [0.25, 0.3) is 22.3 Å². The van der Waals surface area contributed by atoms with Crippen molar-refractivity contribution in [1.82, 2.24) is 10.3 Å². The van der Waals surface area contributed by atoms with Gasteiger partial charge in [0, 0.05) is 58.8 Å². The average Bonchev–Trinajstić information content (AvgIpc) is 2.80. The lowest BCUT2D eigenvalue weighted by molar-refractivity contribution is 0.0941. The third-order valence-electron chi connectivity index (χ3n) is 6.12. The molecule has 2 aliphatic heterocycles. The van der Waals surface area contributed by atoms with Gasteiger partial charge in [-0.2, -0.15) is 4.39 Å². The standard InChI is InChI=1S/C24H22F2N4O2S/c25-20-12-16(11-15-5-6-28-24(31)21(15)20)19-13-18(22(26)29-23(19)27)14-1-3-17(4-2-14)30-7-9-33(32)10-8-30/h1-4,11-13H,5-10H2,(H2,27,29)(H,28,31). The molecule has 0 radical (unpaired) electrons. The molecule has 6 nitrogen and oxygen atoms in total. The van der Waals surface area contributed by atoms with E-state index in [1.165, 1.54) is 6.07 Å². The molecule has 3 N–H and O–H groups in total. The molecule has 2 aromatic carbocycles. The number of hydrogen-bond donors (Lipinski definition) is 2. The molecule has 170 valence electrons. The molecule has 1 saturated heterocycles. The van der Waals surface area contributed by atoms with Gasteiger partial charge in [-0.3, -0.25) is 9.00 Å². The number of carbonyl (C=O) groups excluding carboxylic acids is 1. The highest BCUT2D eigenvalue weighted by Crippen LogP contribution is 2.34. The molecule has 1 fully saturated rings. The molecule has 5 rings (SSSR count). The van der Waals surface area contributed by atoms with Crippen molar-refractivity contribution in [1.29, 1.82) is 0 Å². The summed E-state index contributed by atoms with van der Waals surface area (Å²) in [6.07, 6.45) is 0.499. The largest absolute Gasteiger partial charge is 0.383 e. The summed E-state index contributed by atoms with van der Waals surface area (Å²) in [6.45, 7) is 1.86. The Morgan fingerprint density at radius 2 is 1.73 bits per heavy atom. The van der Waals surface area contributed by atoms with Crippen LogP contribution in [0, 0.1) is 11.8 Å². The molecule has 9 heteroatoms. The molecular formula is C24H22F2N4O2S. The summed E-state index contributed by atoms with van der Waals surface area (Å²) >= 11 is 0. The Balaban J connectivity index is 1.50. The van der Waals surface area contributed by atoms with Crippen LogP contribution in [0.5, 0.6) is 0 Å². The number of nitrogens with two attached hydrogens (primary N) is 1. The van der Waals surface area contributed by atoms with Crippen molar-refractivity contribution in [2.45, 2.75) is 6.42 Å². The molecule has 1 aromatic heterocycles. The van der Waals surface area contributed by atoms with E-state index in [2.05, 4.69) is 15.2 Å². The number of aromatic nitrogens is 1. The third kappa shape index (κ3) is 4.08. The summed E-state index contributed by atoms with van der Waals surface area (Å²) < 4.78 is 41.1. The SMILES string of the molecule is Nc1nc(F)c(-c2ccc(N3CCS(=O)CC3)cc2)cc1-c1cc(F)c2c(c1)CCNC2=O. The molecule has 0 unspecified atom stereocenters. The highest BCUT2D eigenvalue weighted by molar-refractivity contribution is 7.85. The van der Waals surface area contributed by atoms with Gasteiger partial charge < -0.3 is 16.0 Å². The molecular weight excluding hydrogens is 446 g/mol. The first-order chi connectivity index (χ1) is 15.9. The number of nitrogen functional groups attached to an aromatic ring is 1. The van der Waals surface area contributed by atoms with Gasteiger partial charge in [-0.15, -0.1) is 0 Å². The van der Waals surface area contributed by atoms with E-state index in [1.807, 2.05) is 12.1 Å². The van der Waals surface area contributed by atoms with Crippen LogP contribution >= 0.6 is 0 Å². The molecule has 0 saturated carbocycles. The maximum Gasteiger partial charge on any atom is 0.254 e. The van der Waals surface area contributed by atoms with Crippen LogP contribution < -0.4 is 16.0 Å². The first-order valence-electron chi connectivity index (χ1n) is 10.7. The fraction of sp³-hybridized carbons (Fsp3) is 0.250. The first-order valence-corrected chi connectivity index (χ1v) is 12.2. The number of pyridine rings is 1. The van der Waals surface area contributed by atoms with Crippen LogP contribution in [-0.2, 0) is 17.2 Å². The van der Waals surface area contributed by atoms with E-state index in [0.717, 1.165) is 18.8 Å². The molecule has 0 aliphatic carbocycles. The zero-order valence-electron chi connectivity index (χ0n) is 17.7. The second-order valence-electron chi connectivity index (χ2n) is 8.14. The third-order valence-corrected chi connectivity index (χ3v) is 7.39. The second-order valence-corrected chi connectivity index (χ2v) is 9.84. The fourth-order valence-electron chi connectivity index (χ4n) is 4.36. The summed E-state index contributed by atoms with van der Waals surface area (Å²) in [5.74, 6) is -0.562. The van der Waals surface area contributed by atoms with Gasteiger partial charge in [-0.1, -0.05) is 12.1 Å². The summed E-state index contributed by atoms with van der Waals surface area (Å²) in [5, 5.41) is 2.63. The number of anilines is 2. The topological polar surface area (TPSA) is 88.3 Å². The Morgan fingerprint density at radius 1 is 1.00 bits per heavy atom. The monoisotopic (exact) mass is 468 g/mol. The molecule has 0 atom stereocenters. The minimum Gasteiger partial charge on any atom is -0.383 e. The van der Waals surface area contributed by atoms with Crippen LogP contribution in [0.15, 0.2) is 42.5 Å². The number of benzene rings is 2. The summed E-state index contributed by atoms with van der Waals surface area (Å²) in [4.78, 5) is 18.0. The van der Waals surface area contributed by atoms with Crippen molar-refractivity contribution in [2.24, 2.45) is 0 Å². The van der Waals surface area contributed by atoms with Crippen LogP contribution in [0.4, 0.5) is 20.3 Å². The van der Waals surface area contributed by atoms with Crippen LogP contribution in [0.2, 0.25) is 0 Å². The predicted molar refractivity (Wildman–Crippen MR) is 126 cm³/mol. The Morgan fingerprint density at radius 3 is 2.45 bits per heavy atom. The Kier molecular flexibility index (Phi) is 5.57. The van der Waals surface area contributed by atoms with Gasteiger partial charge in [0.05, 0.1) is 5.56 Å². The highest BCUT2D eigenvalue weighted by atomic mass is 32.2. The second kappa shape index (κ2) is 8.55. The molecule has 0 bridgehead atoms. The van der Waals surface area contributed by atoms with E-state index in [4.69, 9.17) is 5.73 Å². The van der Waals surface area contributed by atoms with Crippen molar-refractivity contribution in [3.63, 3.8) is 0 Å². The van der Waals surface area contributed by atoms with Gasteiger partial charge in [0.25, 0.3) is 5.91 Å². The van der Waals surface area contributed by atoms with Gasteiger partial charge >= 0.3 is 0 Å². The van der Waals surface area contributed by atoms with Gasteiger partial charge in [-0.25, -0.2) is 9.37 Å².